The Hall–Kier alpha value is -1.63. The second-order valence-corrected chi connectivity index (χ2v) is 4.69. The molecule has 0 bridgehead atoms. The van der Waals surface area contributed by atoms with Crippen molar-refractivity contribution in [2.24, 2.45) is 5.92 Å². The first-order valence-corrected chi connectivity index (χ1v) is 6.15. The molecule has 0 N–H and O–H groups in total. The van der Waals surface area contributed by atoms with Gasteiger partial charge in [0, 0.05) is 5.92 Å². The van der Waals surface area contributed by atoms with E-state index in [9.17, 15) is 4.79 Å². The number of fused-ring (bicyclic) bond motifs is 1. The normalized spacial score (nSPS) is 12.6. The summed E-state index contributed by atoms with van der Waals surface area (Å²) in [5, 5.41) is 2.59. The van der Waals surface area contributed by atoms with Gasteiger partial charge in [0.2, 0.25) is 0 Å². The SMILES string of the molecule is CC(=O)C(C)CCc1cccc2ccccc12. The van der Waals surface area contributed by atoms with Crippen molar-refractivity contribution in [2.45, 2.75) is 26.7 Å². The molecule has 88 valence electrons. The van der Waals surface area contributed by atoms with Crippen molar-refractivity contribution in [1.29, 1.82) is 0 Å². The first kappa shape index (κ1) is 11.8. The lowest BCUT2D eigenvalue weighted by Crippen LogP contribution is -2.07. The quantitative estimate of drug-likeness (QED) is 0.770. The summed E-state index contributed by atoms with van der Waals surface area (Å²) < 4.78 is 0. The highest BCUT2D eigenvalue weighted by molar-refractivity contribution is 5.85. The summed E-state index contributed by atoms with van der Waals surface area (Å²) in [5.41, 5.74) is 1.34. The van der Waals surface area contributed by atoms with E-state index in [1.54, 1.807) is 6.92 Å². The minimum absolute atomic E-state index is 0.161. The van der Waals surface area contributed by atoms with Crippen LogP contribution in [0.15, 0.2) is 42.5 Å². The Morgan fingerprint density at radius 3 is 2.59 bits per heavy atom. The average Bonchev–Trinajstić information content (AvgIpc) is 2.35. The lowest BCUT2D eigenvalue weighted by atomic mass is 9.95. The van der Waals surface area contributed by atoms with Crippen LogP contribution in [-0.4, -0.2) is 5.78 Å². The van der Waals surface area contributed by atoms with Gasteiger partial charge >= 0.3 is 0 Å². The smallest absolute Gasteiger partial charge is 0.132 e. The third kappa shape index (κ3) is 2.73. The molecule has 1 nitrogen and oxygen atoms in total. The molecule has 2 rings (SSSR count). The van der Waals surface area contributed by atoms with Gasteiger partial charge in [-0.15, -0.1) is 0 Å². The zero-order valence-electron chi connectivity index (χ0n) is 10.4. The first-order valence-electron chi connectivity index (χ1n) is 6.15. The molecule has 0 aromatic heterocycles. The van der Waals surface area contributed by atoms with Gasteiger partial charge < -0.3 is 0 Å². The van der Waals surface area contributed by atoms with Gasteiger partial charge in [0.1, 0.15) is 5.78 Å². The second-order valence-electron chi connectivity index (χ2n) is 4.69. The Kier molecular flexibility index (Phi) is 3.58. The van der Waals surface area contributed by atoms with Crippen molar-refractivity contribution in [1.82, 2.24) is 0 Å². The van der Waals surface area contributed by atoms with Gasteiger partial charge in [-0.3, -0.25) is 4.79 Å². The third-order valence-corrected chi connectivity index (χ3v) is 3.42. The van der Waals surface area contributed by atoms with E-state index in [-0.39, 0.29) is 11.7 Å². The van der Waals surface area contributed by atoms with Gasteiger partial charge in [0.15, 0.2) is 0 Å². The Morgan fingerprint density at radius 1 is 1.12 bits per heavy atom. The van der Waals surface area contributed by atoms with E-state index in [0.717, 1.165) is 12.8 Å². The molecule has 0 heterocycles. The largest absolute Gasteiger partial charge is 0.300 e. The van der Waals surface area contributed by atoms with Gasteiger partial charge in [0.05, 0.1) is 0 Å². The van der Waals surface area contributed by atoms with Crippen LogP contribution in [0.4, 0.5) is 0 Å². The predicted octanol–water partition coefficient (Wildman–Crippen LogP) is 4.00. The predicted molar refractivity (Wildman–Crippen MR) is 72.1 cm³/mol. The minimum Gasteiger partial charge on any atom is -0.300 e. The summed E-state index contributed by atoms with van der Waals surface area (Å²) in [4.78, 5) is 11.2. The third-order valence-electron chi connectivity index (χ3n) is 3.42. The molecule has 2 aromatic rings. The van der Waals surface area contributed by atoms with Crippen molar-refractivity contribution < 1.29 is 4.79 Å². The van der Waals surface area contributed by atoms with Gasteiger partial charge in [-0.25, -0.2) is 0 Å². The molecule has 17 heavy (non-hydrogen) atoms. The minimum atomic E-state index is 0.161. The van der Waals surface area contributed by atoms with E-state index in [4.69, 9.17) is 0 Å². The number of carbonyl (C=O) groups is 1. The molecule has 0 fully saturated rings. The number of hydrogen-bond donors (Lipinski definition) is 0. The lowest BCUT2D eigenvalue weighted by molar-refractivity contribution is -0.120. The van der Waals surface area contributed by atoms with Gasteiger partial charge in [-0.05, 0) is 36.1 Å². The maximum absolute atomic E-state index is 11.2. The monoisotopic (exact) mass is 226 g/mol. The number of carbonyl (C=O) groups excluding carboxylic acids is 1. The molecule has 0 aliphatic carbocycles. The molecule has 1 atom stereocenters. The molecule has 2 aromatic carbocycles. The maximum atomic E-state index is 11.2. The molecule has 0 spiro atoms. The Labute approximate surface area is 102 Å². The zero-order chi connectivity index (χ0) is 12.3. The molecule has 0 aliphatic rings. The summed E-state index contributed by atoms with van der Waals surface area (Å²) in [6.07, 6.45) is 1.91. The van der Waals surface area contributed by atoms with E-state index >= 15 is 0 Å². The zero-order valence-corrected chi connectivity index (χ0v) is 10.4. The summed E-state index contributed by atoms with van der Waals surface area (Å²) in [7, 11) is 0. The van der Waals surface area contributed by atoms with Gasteiger partial charge in [-0.1, -0.05) is 49.4 Å². The second kappa shape index (κ2) is 5.13. The van der Waals surface area contributed by atoms with E-state index < -0.39 is 0 Å². The topological polar surface area (TPSA) is 17.1 Å². The van der Waals surface area contributed by atoms with E-state index in [1.807, 2.05) is 6.92 Å². The molecule has 1 heteroatoms. The average molecular weight is 226 g/mol. The number of benzene rings is 2. The number of hydrogen-bond acceptors (Lipinski definition) is 1. The van der Waals surface area contributed by atoms with Crippen LogP contribution in [0.2, 0.25) is 0 Å². The molecule has 0 saturated heterocycles. The fraction of sp³-hybridized carbons (Fsp3) is 0.312. The molecular formula is C16H18O. The number of ketones is 1. The van der Waals surface area contributed by atoms with Crippen molar-refractivity contribution >= 4 is 16.6 Å². The molecule has 1 unspecified atom stereocenters. The maximum Gasteiger partial charge on any atom is 0.132 e. The highest BCUT2D eigenvalue weighted by Gasteiger charge is 2.08. The van der Waals surface area contributed by atoms with Crippen molar-refractivity contribution in [3.63, 3.8) is 0 Å². The Bertz CT molecular complexity index is 523. The van der Waals surface area contributed by atoms with Gasteiger partial charge in [-0.2, -0.15) is 0 Å². The van der Waals surface area contributed by atoms with E-state index in [1.165, 1.54) is 16.3 Å². The number of aryl methyl sites for hydroxylation is 1. The van der Waals surface area contributed by atoms with Crippen LogP contribution in [0.3, 0.4) is 0 Å². The summed E-state index contributed by atoms with van der Waals surface area (Å²) >= 11 is 0. The number of rotatable bonds is 4. The van der Waals surface area contributed by atoms with Crippen LogP contribution in [-0.2, 0) is 11.2 Å². The molecular weight excluding hydrogens is 208 g/mol. The number of Topliss-reactive ketones (excluding diaryl/α,β-unsaturated/α-hetero) is 1. The van der Waals surface area contributed by atoms with E-state index in [0.29, 0.717) is 0 Å². The summed E-state index contributed by atoms with van der Waals surface area (Å²) in [6.45, 7) is 3.68. The Morgan fingerprint density at radius 2 is 1.82 bits per heavy atom. The fourth-order valence-corrected chi connectivity index (χ4v) is 2.09. The van der Waals surface area contributed by atoms with Crippen LogP contribution in [0.1, 0.15) is 25.8 Å². The summed E-state index contributed by atoms with van der Waals surface area (Å²) in [6, 6.07) is 14.8. The highest BCUT2D eigenvalue weighted by Crippen LogP contribution is 2.21. The summed E-state index contributed by atoms with van der Waals surface area (Å²) in [5.74, 6) is 0.444. The Balaban J connectivity index is 2.21. The van der Waals surface area contributed by atoms with Gasteiger partial charge in [0.25, 0.3) is 0 Å². The van der Waals surface area contributed by atoms with Crippen LogP contribution >= 0.6 is 0 Å². The van der Waals surface area contributed by atoms with Crippen molar-refractivity contribution in [3.05, 3.63) is 48.0 Å². The van der Waals surface area contributed by atoms with Crippen LogP contribution in [0, 0.1) is 5.92 Å². The molecule has 0 aliphatic heterocycles. The van der Waals surface area contributed by atoms with E-state index in [2.05, 4.69) is 42.5 Å². The van der Waals surface area contributed by atoms with Crippen molar-refractivity contribution in [2.75, 3.05) is 0 Å². The van der Waals surface area contributed by atoms with Crippen LogP contribution in [0.5, 0.6) is 0 Å². The van der Waals surface area contributed by atoms with Crippen molar-refractivity contribution in [3.8, 4) is 0 Å². The van der Waals surface area contributed by atoms with Crippen LogP contribution < -0.4 is 0 Å². The fourth-order valence-electron chi connectivity index (χ4n) is 2.09. The molecule has 0 radical (unpaired) electrons. The van der Waals surface area contributed by atoms with Crippen LogP contribution in [0.25, 0.3) is 10.8 Å². The molecule has 0 amide bonds. The highest BCUT2D eigenvalue weighted by atomic mass is 16.1. The standard InChI is InChI=1S/C16H18O/c1-12(13(2)17)10-11-15-8-5-7-14-6-3-4-9-16(14)15/h3-9,12H,10-11H2,1-2H3. The lowest BCUT2D eigenvalue weighted by Gasteiger charge is -2.09. The first-order chi connectivity index (χ1) is 8.18. The molecule has 0 saturated carbocycles.